The largest absolute Gasteiger partial charge is 0.369 e. The minimum Gasteiger partial charge on any atom is -0.369 e. The molecule has 6 heteroatoms. The van der Waals surface area contributed by atoms with E-state index in [9.17, 15) is 4.39 Å². The molecular weight excluding hydrogens is 297 g/mol. The number of anilines is 1. The molecule has 0 atom stereocenters. The van der Waals surface area contributed by atoms with Crippen LogP contribution in [0.3, 0.4) is 0 Å². The number of fused-ring (bicyclic) bond motifs is 1. The van der Waals surface area contributed by atoms with Crippen molar-refractivity contribution in [2.45, 2.75) is 4.90 Å². The normalized spacial score (nSPS) is 11.2. The zero-order valence-electron chi connectivity index (χ0n) is 10.6. The molecule has 0 aliphatic heterocycles. The lowest BCUT2D eigenvalue weighted by Gasteiger charge is -2.10. The van der Waals surface area contributed by atoms with E-state index in [1.54, 1.807) is 22.4 Å². The predicted octanol–water partition coefficient (Wildman–Crippen LogP) is 4.12. The summed E-state index contributed by atoms with van der Waals surface area (Å²) in [7, 11) is 0. The van der Waals surface area contributed by atoms with Crippen LogP contribution >= 0.6 is 23.4 Å². The summed E-state index contributed by atoms with van der Waals surface area (Å²) in [5.74, 6) is -0.190. The Balaban J connectivity index is 2.36. The van der Waals surface area contributed by atoms with Crippen LogP contribution in [0.1, 0.15) is 0 Å². The van der Waals surface area contributed by atoms with E-state index in [0.29, 0.717) is 17.0 Å². The second-order valence-corrected chi connectivity index (χ2v) is 5.49. The van der Waals surface area contributed by atoms with Gasteiger partial charge in [0.25, 0.3) is 0 Å². The number of nitrogens with zero attached hydrogens (tertiary/aromatic N) is 2. The van der Waals surface area contributed by atoms with Crippen LogP contribution in [0, 0.1) is 5.82 Å². The van der Waals surface area contributed by atoms with Crippen molar-refractivity contribution in [2.24, 2.45) is 0 Å². The maximum Gasteiger partial charge on any atom is 0.205 e. The summed E-state index contributed by atoms with van der Waals surface area (Å²) in [5.41, 5.74) is 8.07. The number of nitrogens with two attached hydrogens (primary N) is 1. The van der Waals surface area contributed by atoms with E-state index in [2.05, 4.69) is 4.98 Å². The SMILES string of the molecule is CSc1ccccc1-n1c(N)nc2cc(F)c(Cl)cc21. The lowest BCUT2D eigenvalue weighted by atomic mass is 10.2. The molecular formula is C14H11ClFN3S. The smallest absolute Gasteiger partial charge is 0.205 e. The van der Waals surface area contributed by atoms with Gasteiger partial charge in [0.2, 0.25) is 5.95 Å². The standard InChI is InChI=1S/C14H11ClFN3S/c1-20-13-5-3-2-4-11(13)19-12-6-8(15)9(16)7-10(12)18-14(19)17/h2-7H,1H3,(H2,17,18). The van der Waals surface area contributed by atoms with E-state index in [1.165, 1.54) is 6.07 Å². The first-order valence-electron chi connectivity index (χ1n) is 5.88. The third kappa shape index (κ3) is 2.03. The second kappa shape index (κ2) is 5.00. The summed E-state index contributed by atoms with van der Waals surface area (Å²) < 4.78 is 15.3. The molecule has 3 rings (SSSR count). The zero-order valence-corrected chi connectivity index (χ0v) is 12.2. The Morgan fingerprint density at radius 1 is 1.30 bits per heavy atom. The average Bonchev–Trinajstić information content (AvgIpc) is 2.74. The van der Waals surface area contributed by atoms with Crippen molar-refractivity contribution in [3.8, 4) is 5.69 Å². The van der Waals surface area contributed by atoms with Crippen molar-refractivity contribution in [3.05, 3.63) is 47.2 Å². The molecule has 1 heterocycles. The number of hydrogen-bond donors (Lipinski definition) is 1. The van der Waals surface area contributed by atoms with Crippen LogP contribution in [-0.4, -0.2) is 15.8 Å². The Labute approximate surface area is 124 Å². The highest BCUT2D eigenvalue weighted by Gasteiger charge is 2.15. The predicted molar refractivity (Wildman–Crippen MR) is 82.2 cm³/mol. The van der Waals surface area contributed by atoms with Gasteiger partial charge in [-0.05, 0) is 24.5 Å². The molecule has 0 bridgehead atoms. The number of imidazole rings is 1. The Morgan fingerprint density at radius 2 is 2.05 bits per heavy atom. The van der Waals surface area contributed by atoms with Crippen LogP contribution in [0.15, 0.2) is 41.3 Å². The van der Waals surface area contributed by atoms with Crippen molar-refractivity contribution in [2.75, 3.05) is 12.0 Å². The first kappa shape index (κ1) is 13.3. The summed E-state index contributed by atoms with van der Waals surface area (Å²) in [5, 5.41) is 0.0558. The van der Waals surface area contributed by atoms with Crippen molar-refractivity contribution >= 4 is 40.3 Å². The van der Waals surface area contributed by atoms with Crippen LogP contribution in [0.5, 0.6) is 0 Å². The highest BCUT2D eigenvalue weighted by molar-refractivity contribution is 7.98. The van der Waals surface area contributed by atoms with Crippen LogP contribution < -0.4 is 5.73 Å². The minimum atomic E-state index is -0.498. The van der Waals surface area contributed by atoms with Crippen LogP contribution in [0.4, 0.5) is 10.3 Å². The molecule has 0 amide bonds. The quantitative estimate of drug-likeness (QED) is 0.724. The number of aromatic nitrogens is 2. The fraction of sp³-hybridized carbons (Fsp3) is 0.0714. The molecule has 0 aliphatic rings. The number of nitrogen functional groups attached to an aromatic ring is 1. The van der Waals surface area contributed by atoms with Gasteiger partial charge in [0.15, 0.2) is 0 Å². The fourth-order valence-corrected chi connectivity index (χ4v) is 2.90. The molecule has 0 saturated carbocycles. The van der Waals surface area contributed by atoms with Gasteiger partial charge in [-0.1, -0.05) is 23.7 Å². The van der Waals surface area contributed by atoms with E-state index in [1.807, 2.05) is 30.5 Å². The topological polar surface area (TPSA) is 43.8 Å². The zero-order chi connectivity index (χ0) is 14.3. The number of halogens is 2. The molecule has 0 aliphatic carbocycles. The van der Waals surface area contributed by atoms with Crippen LogP contribution in [-0.2, 0) is 0 Å². The maximum atomic E-state index is 13.5. The van der Waals surface area contributed by atoms with Gasteiger partial charge in [-0.15, -0.1) is 11.8 Å². The van der Waals surface area contributed by atoms with Crippen molar-refractivity contribution < 1.29 is 4.39 Å². The van der Waals surface area contributed by atoms with E-state index in [4.69, 9.17) is 17.3 Å². The summed E-state index contributed by atoms with van der Waals surface area (Å²) in [6.45, 7) is 0. The molecule has 0 saturated heterocycles. The van der Waals surface area contributed by atoms with E-state index < -0.39 is 5.82 Å². The first-order valence-corrected chi connectivity index (χ1v) is 7.48. The minimum absolute atomic E-state index is 0.0558. The highest BCUT2D eigenvalue weighted by Crippen LogP contribution is 2.31. The first-order chi connectivity index (χ1) is 9.61. The number of benzene rings is 2. The lowest BCUT2D eigenvalue weighted by Crippen LogP contribution is -2.01. The number of hydrogen-bond acceptors (Lipinski definition) is 3. The molecule has 1 aromatic heterocycles. The van der Waals surface area contributed by atoms with E-state index >= 15 is 0 Å². The molecule has 0 unspecified atom stereocenters. The molecule has 20 heavy (non-hydrogen) atoms. The molecule has 102 valence electrons. The molecule has 0 radical (unpaired) electrons. The summed E-state index contributed by atoms with van der Waals surface area (Å²) >= 11 is 7.47. The molecule has 2 aromatic carbocycles. The van der Waals surface area contributed by atoms with Gasteiger partial charge in [-0.3, -0.25) is 4.57 Å². The molecule has 0 fully saturated rings. The third-order valence-corrected chi connectivity index (χ3v) is 4.12. The number of rotatable bonds is 2. The Hall–Kier alpha value is -1.72. The summed E-state index contributed by atoms with van der Waals surface area (Å²) in [4.78, 5) is 5.25. The van der Waals surface area contributed by atoms with Crippen LogP contribution in [0.2, 0.25) is 5.02 Å². The van der Waals surface area contributed by atoms with Gasteiger partial charge in [0.05, 0.1) is 21.7 Å². The van der Waals surface area contributed by atoms with Gasteiger partial charge in [-0.25, -0.2) is 9.37 Å². The molecule has 0 spiro atoms. The highest BCUT2D eigenvalue weighted by atomic mass is 35.5. The third-order valence-electron chi connectivity index (χ3n) is 3.05. The van der Waals surface area contributed by atoms with Gasteiger partial charge >= 0.3 is 0 Å². The summed E-state index contributed by atoms with van der Waals surface area (Å²) in [6.07, 6.45) is 1.99. The molecule has 2 N–H and O–H groups in total. The van der Waals surface area contributed by atoms with Crippen molar-refractivity contribution in [1.82, 2.24) is 9.55 Å². The van der Waals surface area contributed by atoms with Gasteiger partial charge in [-0.2, -0.15) is 0 Å². The molecule has 3 aromatic rings. The number of para-hydroxylation sites is 1. The summed E-state index contributed by atoms with van der Waals surface area (Å²) in [6, 6.07) is 10.7. The Bertz CT molecular complexity index is 800. The average molecular weight is 308 g/mol. The van der Waals surface area contributed by atoms with E-state index in [-0.39, 0.29) is 5.02 Å². The fourth-order valence-electron chi connectivity index (χ4n) is 2.16. The van der Waals surface area contributed by atoms with Gasteiger partial charge in [0.1, 0.15) is 5.82 Å². The van der Waals surface area contributed by atoms with Crippen LogP contribution in [0.25, 0.3) is 16.7 Å². The maximum absolute atomic E-state index is 13.5. The van der Waals surface area contributed by atoms with Crippen molar-refractivity contribution in [1.29, 1.82) is 0 Å². The molecule has 3 nitrogen and oxygen atoms in total. The van der Waals surface area contributed by atoms with E-state index in [0.717, 1.165) is 10.6 Å². The monoisotopic (exact) mass is 307 g/mol. The van der Waals surface area contributed by atoms with Gasteiger partial charge in [0, 0.05) is 11.0 Å². The second-order valence-electron chi connectivity index (χ2n) is 4.23. The van der Waals surface area contributed by atoms with Gasteiger partial charge < -0.3 is 5.73 Å². The Kier molecular flexibility index (Phi) is 3.31. The number of thioether (sulfide) groups is 1. The lowest BCUT2D eigenvalue weighted by molar-refractivity contribution is 0.630. The van der Waals surface area contributed by atoms with Crippen molar-refractivity contribution in [3.63, 3.8) is 0 Å². The Morgan fingerprint density at radius 3 is 2.80 bits per heavy atom.